The summed E-state index contributed by atoms with van der Waals surface area (Å²) in [4.78, 5) is 2.10. The highest BCUT2D eigenvalue weighted by molar-refractivity contribution is 7.85. The summed E-state index contributed by atoms with van der Waals surface area (Å²) in [6.45, 7) is 3.16. The molecule has 0 heterocycles. The maximum Gasteiger partial charge on any atom is 0.261 e. The highest BCUT2D eigenvalue weighted by atomic mass is 32.2. The third kappa shape index (κ3) is 18.0. The van der Waals surface area contributed by atoms with Crippen molar-refractivity contribution >= 4 is 10.1 Å². The van der Waals surface area contributed by atoms with Crippen LogP contribution in [0.25, 0.3) is 0 Å². The predicted octanol–water partition coefficient (Wildman–Crippen LogP) is 1.90. The normalized spacial score (nSPS) is 11.2. The largest absolute Gasteiger partial charge is 0.504 e. The molecule has 0 atom stereocenters. The second-order valence-electron chi connectivity index (χ2n) is 6.46. The Labute approximate surface area is 168 Å². The molecule has 0 aliphatic rings. The number of unbranched alkanes of at least 4 members (excludes halogenated alkanes) is 5. The van der Waals surface area contributed by atoms with E-state index in [4.69, 9.17) is 19.5 Å². The van der Waals surface area contributed by atoms with Crippen LogP contribution in [-0.4, -0.2) is 78.9 Å². The maximum absolute atomic E-state index is 9.57. The van der Waals surface area contributed by atoms with Gasteiger partial charge >= 0.3 is 0 Å². The van der Waals surface area contributed by atoms with E-state index in [2.05, 4.69) is 4.90 Å². The van der Waals surface area contributed by atoms with E-state index in [1.54, 1.807) is 18.2 Å². The fraction of sp³-hybridized carbons (Fsp3) is 0.684. The maximum atomic E-state index is 9.57. The quantitative estimate of drug-likeness (QED) is 0.265. The van der Waals surface area contributed by atoms with Gasteiger partial charge in [-0.2, -0.15) is 8.42 Å². The smallest absolute Gasteiger partial charge is 0.261 e. The monoisotopic (exact) mass is 421 g/mol. The van der Waals surface area contributed by atoms with Gasteiger partial charge in [-0.15, -0.1) is 0 Å². The lowest BCUT2D eigenvalue weighted by Crippen LogP contribution is -2.30. The Hall–Kier alpha value is -1.39. The van der Waals surface area contributed by atoms with Gasteiger partial charge in [0.1, 0.15) is 0 Å². The number of para-hydroxylation sites is 2. The first-order valence-corrected chi connectivity index (χ1v) is 11.4. The van der Waals surface area contributed by atoms with Gasteiger partial charge in [-0.05, 0) is 31.5 Å². The molecule has 0 amide bonds. The average Bonchev–Trinajstić information content (AvgIpc) is 2.60. The minimum absolute atomic E-state index is 0.150. The van der Waals surface area contributed by atoms with Gasteiger partial charge < -0.3 is 20.1 Å². The number of phenolic OH excluding ortho intramolecular Hbond substituents is 1. The Morgan fingerprint density at radius 1 is 0.893 bits per heavy atom. The number of phenols is 1. The zero-order chi connectivity index (χ0) is 21.3. The summed E-state index contributed by atoms with van der Waals surface area (Å²) in [5, 5.41) is 27.4. The second-order valence-corrected chi connectivity index (χ2v) is 7.93. The van der Waals surface area contributed by atoms with Crippen molar-refractivity contribution in [3.8, 4) is 11.5 Å². The Kier molecular flexibility index (Phi) is 15.7. The first-order chi connectivity index (χ1) is 13.3. The molecule has 0 aliphatic carbocycles. The third-order valence-corrected chi connectivity index (χ3v) is 3.82. The van der Waals surface area contributed by atoms with E-state index in [-0.39, 0.29) is 19.0 Å². The van der Waals surface area contributed by atoms with Gasteiger partial charge in [0, 0.05) is 13.1 Å². The Bertz CT molecular complexity index is 582. The van der Waals surface area contributed by atoms with E-state index < -0.39 is 10.1 Å². The minimum atomic E-state index is -3.67. The van der Waals surface area contributed by atoms with Gasteiger partial charge in [-0.3, -0.25) is 9.45 Å². The molecule has 0 unspecified atom stereocenters. The lowest BCUT2D eigenvalue weighted by molar-refractivity contribution is 0.159. The van der Waals surface area contributed by atoms with Crippen LogP contribution in [0, 0.1) is 0 Å². The molecule has 8 nitrogen and oxygen atoms in total. The summed E-state index contributed by atoms with van der Waals surface area (Å²) in [6.07, 6.45) is 7.50. The van der Waals surface area contributed by atoms with Crippen LogP contribution in [0.1, 0.15) is 38.5 Å². The molecule has 1 aromatic rings. The first kappa shape index (κ1) is 26.6. The van der Waals surface area contributed by atoms with E-state index in [1.165, 1.54) is 19.3 Å². The number of benzene rings is 1. The predicted molar refractivity (Wildman–Crippen MR) is 109 cm³/mol. The summed E-state index contributed by atoms with van der Waals surface area (Å²) in [5.74, 6) is 0.753. The molecular formula is C19H35NO7S. The Balaban J connectivity index is 0.00000129. The molecule has 164 valence electrons. The molecule has 9 heteroatoms. The zero-order valence-electron chi connectivity index (χ0n) is 16.7. The summed E-state index contributed by atoms with van der Waals surface area (Å²) in [6, 6.07) is 7.04. The summed E-state index contributed by atoms with van der Waals surface area (Å²) in [5.41, 5.74) is 0. The molecule has 4 N–H and O–H groups in total. The van der Waals surface area contributed by atoms with Crippen LogP contribution in [0.2, 0.25) is 0 Å². The molecule has 1 aromatic carbocycles. The van der Waals surface area contributed by atoms with Crippen LogP contribution < -0.4 is 4.74 Å². The third-order valence-electron chi connectivity index (χ3n) is 3.82. The van der Waals surface area contributed by atoms with Crippen LogP contribution in [0.5, 0.6) is 11.5 Å². The number of hydrogen-bond donors (Lipinski definition) is 4. The number of nitrogens with zero attached hydrogens (tertiary/aromatic N) is 1. The number of hydrogen-bond acceptors (Lipinski definition) is 7. The van der Waals surface area contributed by atoms with E-state index in [9.17, 15) is 13.5 Å². The van der Waals surface area contributed by atoms with Crippen LogP contribution in [0.3, 0.4) is 0 Å². The molecule has 0 aliphatic heterocycles. The minimum Gasteiger partial charge on any atom is -0.504 e. The molecule has 1 rings (SSSR count). The summed E-state index contributed by atoms with van der Waals surface area (Å²) in [7, 11) is -3.67. The standard InChI is InChI=1S/C18H31NO4.CH4O3S/c20-14-12-19(13-15-21)11-7-3-1-2-4-8-16-23-18-10-6-5-9-17(18)22;1-5(2,3)4/h5-6,9-10,20-22H,1-4,7-8,11-16H2;1H3,(H,2,3,4). The van der Waals surface area contributed by atoms with Gasteiger partial charge in [0.25, 0.3) is 10.1 Å². The molecule has 28 heavy (non-hydrogen) atoms. The molecule has 0 bridgehead atoms. The van der Waals surface area contributed by atoms with Crippen molar-refractivity contribution in [1.29, 1.82) is 0 Å². The number of rotatable bonds is 14. The number of aromatic hydroxyl groups is 1. The molecule has 0 saturated heterocycles. The molecule has 0 fully saturated rings. The van der Waals surface area contributed by atoms with Crippen molar-refractivity contribution in [2.45, 2.75) is 38.5 Å². The molecule has 0 spiro atoms. The van der Waals surface area contributed by atoms with Crippen LogP contribution in [0.4, 0.5) is 0 Å². The fourth-order valence-electron chi connectivity index (χ4n) is 2.52. The van der Waals surface area contributed by atoms with Crippen molar-refractivity contribution in [2.75, 3.05) is 45.7 Å². The van der Waals surface area contributed by atoms with E-state index in [0.717, 1.165) is 25.8 Å². The van der Waals surface area contributed by atoms with Gasteiger partial charge in [-0.1, -0.05) is 37.8 Å². The highest BCUT2D eigenvalue weighted by Gasteiger charge is 2.03. The molecule has 0 aromatic heterocycles. The topological polar surface area (TPSA) is 128 Å². The van der Waals surface area contributed by atoms with Gasteiger partial charge in [-0.25, -0.2) is 0 Å². The second kappa shape index (κ2) is 16.6. The van der Waals surface area contributed by atoms with Crippen LogP contribution in [0.15, 0.2) is 24.3 Å². The summed E-state index contributed by atoms with van der Waals surface area (Å²) < 4.78 is 31.4. The Morgan fingerprint density at radius 2 is 1.39 bits per heavy atom. The van der Waals surface area contributed by atoms with Crippen molar-refractivity contribution in [1.82, 2.24) is 4.90 Å². The lowest BCUT2D eigenvalue weighted by atomic mass is 10.1. The number of aliphatic hydroxyl groups is 2. The number of aliphatic hydroxyl groups excluding tert-OH is 2. The highest BCUT2D eigenvalue weighted by Crippen LogP contribution is 2.24. The summed E-state index contributed by atoms with van der Waals surface area (Å²) >= 11 is 0. The van der Waals surface area contributed by atoms with E-state index >= 15 is 0 Å². The first-order valence-electron chi connectivity index (χ1n) is 9.55. The van der Waals surface area contributed by atoms with E-state index in [1.807, 2.05) is 6.07 Å². The molecular weight excluding hydrogens is 386 g/mol. The van der Waals surface area contributed by atoms with Gasteiger partial charge in [0.15, 0.2) is 11.5 Å². The Morgan fingerprint density at radius 3 is 1.93 bits per heavy atom. The van der Waals surface area contributed by atoms with Crippen molar-refractivity contribution in [2.24, 2.45) is 0 Å². The van der Waals surface area contributed by atoms with Gasteiger partial charge in [0.05, 0.1) is 26.1 Å². The van der Waals surface area contributed by atoms with Crippen LogP contribution in [-0.2, 0) is 10.1 Å². The van der Waals surface area contributed by atoms with Crippen molar-refractivity contribution < 1.29 is 33.0 Å². The zero-order valence-corrected chi connectivity index (χ0v) is 17.5. The van der Waals surface area contributed by atoms with Crippen molar-refractivity contribution in [3.05, 3.63) is 24.3 Å². The van der Waals surface area contributed by atoms with Crippen LogP contribution >= 0.6 is 0 Å². The average molecular weight is 422 g/mol. The van der Waals surface area contributed by atoms with E-state index in [0.29, 0.717) is 31.7 Å². The fourth-order valence-corrected chi connectivity index (χ4v) is 2.52. The molecule has 0 saturated carbocycles. The molecule has 0 radical (unpaired) electrons. The van der Waals surface area contributed by atoms with Crippen molar-refractivity contribution in [3.63, 3.8) is 0 Å². The lowest BCUT2D eigenvalue weighted by Gasteiger charge is -2.19. The SMILES string of the molecule is CS(=O)(=O)O.OCCN(CCO)CCCCCCCCOc1ccccc1O. The van der Waals surface area contributed by atoms with Gasteiger partial charge in [0.2, 0.25) is 0 Å². The number of ether oxygens (including phenoxy) is 1.